The summed E-state index contributed by atoms with van der Waals surface area (Å²) in [4.78, 5) is 10.2. The zero-order chi connectivity index (χ0) is 10.6. The second kappa shape index (κ2) is 10.3. The van der Waals surface area contributed by atoms with Gasteiger partial charge in [-0.1, -0.05) is 38.3 Å². The standard InChI is InChI=1S/C12H22O2/c1-2-3-4-5-6-7-8-9-10-11-12(13)14/h7-8H,2-6,9-11H2,1H3,(H,13,14)/b8-7+. The first-order valence-electron chi connectivity index (χ1n) is 5.64. The third-order valence-electron chi connectivity index (χ3n) is 2.15. The highest BCUT2D eigenvalue weighted by molar-refractivity contribution is 5.66. The average molecular weight is 198 g/mol. The lowest BCUT2D eigenvalue weighted by Crippen LogP contribution is -1.92. The maximum absolute atomic E-state index is 10.2. The topological polar surface area (TPSA) is 37.3 Å². The SMILES string of the molecule is CCCCCC/C=C/CCCC(=O)O. The first kappa shape index (κ1) is 13.2. The van der Waals surface area contributed by atoms with Crippen molar-refractivity contribution in [2.24, 2.45) is 0 Å². The fourth-order valence-corrected chi connectivity index (χ4v) is 1.30. The van der Waals surface area contributed by atoms with Crippen molar-refractivity contribution in [1.29, 1.82) is 0 Å². The molecule has 0 aliphatic heterocycles. The number of rotatable bonds is 9. The molecular formula is C12H22O2. The first-order valence-corrected chi connectivity index (χ1v) is 5.64. The van der Waals surface area contributed by atoms with E-state index in [1.807, 2.05) is 0 Å². The summed E-state index contributed by atoms with van der Waals surface area (Å²) in [6.45, 7) is 2.21. The van der Waals surface area contributed by atoms with Crippen LogP contribution in [0.1, 0.15) is 58.3 Å². The van der Waals surface area contributed by atoms with E-state index in [4.69, 9.17) is 5.11 Å². The summed E-state index contributed by atoms with van der Waals surface area (Å²) >= 11 is 0. The molecule has 0 rings (SSSR count). The van der Waals surface area contributed by atoms with Gasteiger partial charge in [0, 0.05) is 6.42 Å². The van der Waals surface area contributed by atoms with Crippen LogP contribution in [0.3, 0.4) is 0 Å². The zero-order valence-corrected chi connectivity index (χ0v) is 9.17. The summed E-state index contributed by atoms with van der Waals surface area (Å²) in [5, 5.41) is 8.39. The molecule has 0 amide bonds. The van der Waals surface area contributed by atoms with Crippen LogP contribution in [-0.4, -0.2) is 11.1 Å². The zero-order valence-electron chi connectivity index (χ0n) is 9.17. The molecule has 82 valence electrons. The van der Waals surface area contributed by atoms with Crippen LogP contribution in [0.2, 0.25) is 0 Å². The van der Waals surface area contributed by atoms with Gasteiger partial charge < -0.3 is 5.11 Å². The summed E-state index contributed by atoms with van der Waals surface area (Å²) in [6.07, 6.45) is 12.6. The minimum Gasteiger partial charge on any atom is -0.481 e. The highest BCUT2D eigenvalue weighted by Gasteiger charge is 1.92. The molecule has 0 aliphatic carbocycles. The van der Waals surface area contributed by atoms with Gasteiger partial charge >= 0.3 is 5.97 Å². The van der Waals surface area contributed by atoms with E-state index in [9.17, 15) is 4.79 Å². The Morgan fingerprint density at radius 1 is 1.07 bits per heavy atom. The van der Waals surface area contributed by atoms with E-state index in [2.05, 4.69) is 19.1 Å². The van der Waals surface area contributed by atoms with Crippen molar-refractivity contribution in [2.75, 3.05) is 0 Å². The minimum atomic E-state index is -0.693. The lowest BCUT2D eigenvalue weighted by molar-refractivity contribution is -0.137. The van der Waals surface area contributed by atoms with E-state index in [0.717, 1.165) is 19.3 Å². The average Bonchev–Trinajstić information content (AvgIpc) is 2.15. The van der Waals surface area contributed by atoms with Crippen LogP contribution in [0.4, 0.5) is 0 Å². The first-order chi connectivity index (χ1) is 6.77. The van der Waals surface area contributed by atoms with E-state index in [0.29, 0.717) is 6.42 Å². The lowest BCUT2D eigenvalue weighted by Gasteiger charge is -1.94. The van der Waals surface area contributed by atoms with Gasteiger partial charge in [-0.15, -0.1) is 0 Å². The Labute approximate surface area is 87.0 Å². The molecule has 0 radical (unpaired) electrons. The van der Waals surface area contributed by atoms with E-state index < -0.39 is 5.97 Å². The molecule has 0 atom stereocenters. The summed E-state index contributed by atoms with van der Waals surface area (Å²) in [7, 11) is 0. The number of carboxylic acid groups (broad SMARTS) is 1. The molecule has 0 unspecified atom stereocenters. The summed E-state index contributed by atoms with van der Waals surface area (Å²) < 4.78 is 0. The number of carboxylic acids is 1. The van der Waals surface area contributed by atoms with Gasteiger partial charge in [-0.05, 0) is 25.7 Å². The maximum atomic E-state index is 10.2. The number of hydrogen-bond acceptors (Lipinski definition) is 1. The van der Waals surface area contributed by atoms with Gasteiger partial charge in [-0.2, -0.15) is 0 Å². The van der Waals surface area contributed by atoms with Crippen molar-refractivity contribution in [3.8, 4) is 0 Å². The van der Waals surface area contributed by atoms with Gasteiger partial charge in [0.15, 0.2) is 0 Å². The third-order valence-corrected chi connectivity index (χ3v) is 2.15. The largest absolute Gasteiger partial charge is 0.481 e. The van der Waals surface area contributed by atoms with E-state index in [1.165, 1.54) is 25.7 Å². The minimum absolute atomic E-state index is 0.292. The second-order valence-corrected chi connectivity index (χ2v) is 3.61. The van der Waals surface area contributed by atoms with Crippen molar-refractivity contribution < 1.29 is 9.90 Å². The maximum Gasteiger partial charge on any atom is 0.303 e. The number of carbonyl (C=O) groups is 1. The number of unbranched alkanes of at least 4 members (excludes halogenated alkanes) is 5. The number of aliphatic carboxylic acids is 1. The quantitative estimate of drug-likeness (QED) is 0.452. The Bertz CT molecular complexity index is 162. The van der Waals surface area contributed by atoms with Crippen LogP contribution in [0.25, 0.3) is 0 Å². The molecule has 0 spiro atoms. The van der Waals surface area contributed by atoms with Crippen molar-refractivity contribution >= 4 is 5.97 Å². The van der Waals surface area contributed by atoms with Gasteiger partial charge in [0.05, 0.1) is 0 Å². The van der Waals surface area contributed by atoms with Gasteiger partial charge in [-0.25, -0.2) is 0 Å². The molecule has 0 aromatic rings. The van der Waals surface area contributed by atoms with Gasteiger partial charge in [0.2, 0.25) is 0 Å². The predicted molar refractivity (Wildman–Crippen MR) is 59.4 cm³/mol. The Hall–Kier alpha value is -0.790. The van der Waals surface area contributed by atoms with Crippen molar-refractivity contribution in [3.05, 3.63) is 12.2 Å². The van der Waals surface area contributed by atoms with Crippen LogP contribution >= 0.6 is 0 Å². The monoisotopic (exact) mass is 198 g/mol. The highest BCUT2D eigenvalue weighted by atomic mass is 16.4. The van der Waals surface area contributed by atoms with Gasteiger partial charge in [0.1, 0.15) is 0 Å². The van der Waals surface area contributed by atoms with Crippen molar-refractivity contribution in [1.82, 2.24) is 0 Å². The molecule has 0 aromatic carbocycles. The van der Waals surface area contributed by atoms with Crippen LogP contribution in [-0.2, 0) is 4.79 Å². The third kappa shape index (κ3) is 11.2. The van der Waals surface area contributed by atoms with E-state index in [1.54, 1.807) is 0 Å². The molecule has 0 saturated carbocycles. The van der Waals surface area contributed by atoms with Gasteiger partial charge in [-0.3, -0.25) is 4.79 Å². The number of hydrogen-bond donors (Lipinski definition) is 1. The molecule has 0 heterocycles. The molecule has 2 nitrogen and oxygen atoms in total. The predicted octanol–water partition coefficient (Wildman–Crippen LogP) is 3.77. The Morgan fingerprint density at radius 2 is 1.71 bits per heavy atom. The van der Waals surface area contributed by atoms with E-state index in [-0.39, 0.29) is 0 Å². The van der Waals surface area contributed by atoms with Crippen LogP contribution in [0.15, 0.2) is 12.2 Å². The van der Waals surface area contributed by atoms with Crippen molar-refractivity contribution in [2.45, 2.75) is 58.3 Å². The van der Waals surface area contributed by atoms with Crippen LogP contribution < -0.4 is 0 Å². The number of allylic oxidation sites excluding steroid dienone is 2. The normalized spacial score (nSPS) is 10.9. The smallest absolute Gasteiger partial charge is 0.303 e. The molecule has 14 heavy (non-hydrogen) atoms. The molecule has 0 bridgehead atoms. The highest BCUT2D eigenvalue weighted by Crippen LogP contribution is 2.04. The molecule has 1 N–H and O–H groups in total. The Balaban J connectivity index is 3.07. The molecule has 0 saturated heterocycles. The van der Waals surface area contributed by atoms with Crippen molar-refractivity contribution in [3.63, 3.8) is 0 Å². The molecular weight excluding hydrogens is 176 g/mol. The molecule has 0 fully saturated rings. The fraction of sp³-hybridized carbons (Fsp3) is 0.750. The second-order valence-electron chi connectivity index (χ2n) is 3.61. The summed E-state index contributed by atoms with van der Waals surface area (Å²) in [5.74, 6) is -0.693. The Morgan fingerprint density at radius 3 is 2.29 bits per heavy atom. The van der Waals surface area contributed by atoms with Crippen LogP contribution in [0, 0.1) is 0 Å². The van der Waals surface area contributed by atoms with Gasteiger partial charge in [0.25, 0.3) is 0 Å². The molecule has 0 aliphatic rings. The summed E-state index contributed by atoms with van der Waals surface area (Å²) in [5.41, 5.74) is 0. The summed E-state index contributed by atoms with van der Waals surface area (Å²) in [6, 6.07) is 0. The molecule has 0 aromatic heterocycles. The lowest BCUT2D eigenvalue weighted by atomic mass is 10.1. The Kier molecular flexibility index (Phi) is 9.71. The van der Waals surface area contributed by atoms with Crippen LogP contribution in [0.5, 0.6) is 0 Å². The molecule has 2 heteroatoms. The fourth-order valence-electron chi connectivity index (χ4n) is 1.30. The van der Waals surface area contributed by atoms with E-state index >= 15 is 0 Å².